The van der Waals surface area contributed by atoms with Crippen LogP contribution in [0.2, 0.25) is 0 Å². The van der Waals surface area contributed by atoms with Gasteiger partial charge in [0.25, 0.3) is 11.8 Å². The minimum Gasteiger partial charge on any atom is -0.465 e. The third-order valence-corrected chi connectivity index (χ3v) is 9.74. The van der Waals surface area contributed by atoms with E-state index in [9.17, 15) is 24.6 Å². The summed E-state index contributed by atoms with van der Waals surface area (Å²) >= 11 is 0. The van der Waals surface area contributed by atoms with E-state index < -0.39 is 23.7 Å². The second-order valence-corrected chi connectivity index (χ2v) is 12.8. The van der Waals surface area contributed by atoms with E-state index in [1.54, 1.807) is 24.1 Å². The average Bonchev–Trinajstić information content (AvgIpc) is 3.22. The van der Waals surface area contributed by atoms with E-state index >= 15 is 0 Å². The highest BCUT2D eigenvalue weighted by Gasteiger charge is 2.45. The molecule has 41 heavy (non-hydrogen) atoms. The SMILES string of the molecule is COC1C[C@H]2CC[C@@H](C1)N2C(=O)c1ccc2c(c1)C(C)(C)CN(CC(O)[C@@H]1Cc3ccccc3CN1C(=O)O)C2=O. The van der Waals surface area contributed by atoms with Gasteiger partial charge in [-0.25, -0.2) is 4.79 Å². The van der Waals surface area contributed by atoms with Crippen molar-refractivity contribution in [3.63, 3.8) is 0 Å². The van der Waals surface area contributed by atoms with Gasteiger partial charge < -0.3 is 24.7 Å². The number of ether oxygens (including phenoxy) is 1. The van der Waals surface area contributed by atoms with Crippen molar-refractivity contribution < 1.29 is 29.3 Å². The van der Waals surface area contributed by atoms with E-state index in [-0.39, 0.29) is 43.1 Å². The Bertz CT molecular complexity index is 1360. The number of hydrogen-bond donors (Lipinski definition) is 2. The van der Waals surface area contributed by atoms with Crippen LogP contribution in [0.5, 0.6) is 0 Å². The first-order valence-corrected chi connectivity index (χ1v) is 14.6. The van der Waals surface area contributed by atoms with Crippen LogP contribution in [0.3, 0.4) is 0 Å². The first-order chi connectivity index (χ1) is 19.6. The molecule has 2 aromatic rings. The van der Waals surface area contributed by atoms with E-state index in [4.69, 9.17) is 4.74 Å². The molecule has 4 aliphatic rings. The van der Waals surface area contributed by atoms with E-state index in [0.29, 0.717) is 24.1 Å². The van der Waals surface area contributed by atoms with Gasteiger partial charge in [-0.3, -0.25) is 14.5 Å². The van der Waals surface area contributed by atoms with E-state index in [1.165, 1.54) is 4.90 Å². The zero-order valence-corrected chi connectivity index (χ0v) is 24.0. The van der Waals surface area contributed by atoms with Crippen LogP contribution in [0.15, 0.2) is 42.5 Å². The number of fused-ring (bicyclic) bond motifs is 4. The number of aliphatic hydroxyl groups excluding tert-OH is 1. The van der Waals surface area contributed by atoms with Crippen LogP contribution in [-0.4, -0.2) is 93.4 Å². The van der Waals surface area contributed by atoms with Crippen molar-refractivity contribution in [1.29, 1.82) is 0 Å². The zero-order valence-electron chi connectivity index (χ0n) is 24.0. The van der Waals surface area contributed by atoms with Crippen molar-refractivity contribution in [1.82, 2.24) is 14.7 Å². The summed E-state index contributed by atoms with van der Waals surface area (Å²) in [6.45, 7) is 4.67. The number of carbonyl (C=O) groups is 3. The van der Waals surface area contributed by atoms with E-state index in [0.717, 1.165) is 42.4 Å². The monoisotopic (exact) mass is 561 g/mol. The molecule has 0 radical (unpaired) electrons. The number of carbonyl (C=O) groups excluding carboxylic acids is 2. The van der Waals surface area contributed by atoms with Gasteiger partial charge >= 0.3 is 6.09 Å². The van der Waals surface area contributed by atoms with Gasteiger partial charge in [-0.05, 0) is 67.0 Å². The summed E-state index contributed by atoms with van der Waals surface area (Å²) < 4.78 is 5.60. The van der Waals surface area contributed by atoms with E-state index in [1.807, 2.05) is 49.1 Å². The predicted molar refractivity (Wildman–Crippen MR) is 152 cm³/mol. The molecule has 4 heterocycles. The fraction of sp³-hybridized carbons (Fsp3) is 0.531. The smallest absolute Gasteiger partial charge is 0.407 e. The van der Waals surface area contributed by atoms with Crippen molar-refractivity contribution in [2.75, 3.05) is 20.2 Å². The van der Waals surface area contributed by atoms with Crippen molar-refractivity contribution >= 4 is 17.9 Å². The lowest BCUT2D eigenvalue weighted by atomic mass is 9.77. The number of aliphatic hydroxyl groups is 1. The molecule has 6 rings (SSSR count). The van der Waals surface area contributed by atoms with Gasteiger partial charge in [-0.2, -0.15) is 0 Å². The second-order valence-electron chi connectivity index (χ2n) is 12.8. The Labute approximate surface area is 240 Å². The van der Waals surface area contributed by atoms with Crippen LogP contribution in [0.1, 0.15) is 76.9 Å². The molecule has 218 valence electrons. The molecular weight excluding hydrogens is 522 g/mol. The number of nitrogens with zero attached hydrogens (tertiary/aromatic N) is 3. The molecule has 0 aromatic heterocycles. The summed E-state index contributed by atoms with van der Waals surface area (Å²) in [5, 5.41) is 21.2. The third-order valence-electron chi connectivity index (χ3n) is 9.74. The quantitative estimate of drug-likeness (QED) is 0.577. The number of amides is 3. The molecule has 2 N–H and O–H groups in total. The Morgan fingerprint density at radius 1 is 1.07 bits per heavy atom. The van der Waals surface area contributed by atoms with Crippen LogP contribution in [0.25, 0.3) is 0 Å². The molecule has 2 unspecified atom stereocenters. The maximum atomic E-state index is 13.7. The molecule has 0 spiro atoms. The lowest BCUT2D eigenvalue weighted by Crippen LogP contribution is -2.56. The number of hydrogen-bond acceptors (Lipinski definition) is 5. The zero-order chi connectivity index (χ0) is 29.1. The minimum absolute atomic E-state index is 0.0160. The summed E-state index contributed by atoms with van der Waals surface area (Å²) in [4.78, 5) is 44.4. The summed E-state index contributed by atoms with van der Waals surface area (Å²) in [6, 6.07) is 12.8. The Morgan fingerprint density at radius 3 is 2.41 bits per heavy atom. The second kappa shape index (κ2) is 10.4. The Balaban J connectivity index is 1.21. The topological polar surface area (TPSA) is 111 Å². The van der Waals surface area contributed by atoms with Crippen molar-refractivity contribution in [3.05, 3.63) is 70.3 Å². The standard InChI is InChI=1S/C32H39N3O6/c1-32(2)18-33(17-28(36)27-13-19-6-4-5-7-21(19)16-34(27)31(39)40)30(38)25-11-8-20(12-26(25)32)29(37)35-22-9-10-23(35)15-24(14-22)41-3/h4-8,11-12,22-24,27-28,36H,9-10,13-18H2,1-3H3,(H,39,40)/t22-,23+,24?,27-,28?/m0/s1. The fourth-order valence-electron chi connectivity index (χ4n) is 7.62. The lowest BCUT2D eigenvalue weighted by molar-refractivity contribution is 0.00808. The van der Waals surface area contributed by atoms with Crippen molar-refractivity contribution in [3.8, 4) is 0 Å². The predicted octanol–water partition coefficient (Wildman–Crippen LogP) is 3.67. The van der Waals surface area contributed by atoms with Gasteiger partial charge in [0, 0.05) is 55.4 Å². The Kier molecular flexibility index (Phi) is 7.06. The molecule has 9 nitrogen and oxygen atoms in total. The number of rotatable bonds is 5. The summed E-state index contributed by atoms with van der Waals surface area (Å²) in [5.74, 6) is -0.196. The number of β-amino-alcohol motifs (C(OH)–C–C–N with tert-alkyl or cyclic N) is 1. The molecule has 2 fully saturated rings. The molecular formula is C32H39N3O6. The highest BCUT2D eigenvalue weighted by molar-refractivity contribution is 6.00. The number of benzene rings is 2. The molecule has 4 aliphatic heterocycles. The molecule has 0 saturated carbocycles. The highest BCUT2D eigenvalue weighted by Crippen LogP contribution is 2.39. The summed E-state index contributed by atoms with van der Waals surface area (Å²) in [6.07, 6.45) is 2.16. The number of carboxylic acid groups (broad SMARTS) is 1. The molecule has 0 aliphatic carbocycles. The maximum Gasteiger partial charge on any atom is 0.407 e. The van der Waals surface area contributed by atoms with Crippen LogP contribution in [0, 0.1) is 0 Å². The summed E-state index contributed by atoms with van der Waals surface area (Å²) in [7, 11) is 1.74. The fourth-order valence-corrected chi connectivity index (χ4v) is 7.62. The molecule has 9 heteroatoms. The first kappa shape index (κ1) is 27.7. The number of methoxy groups -OCH3 is 1. The average molecular weight is 562 g/mol. The van der Waals surface area contributed by atoms with Crippen molar-refractivity contribution in [2.24, 2.45) is 0 Å². The first-order valence-electron chi connectivity index (χ1n) is 14.6. The number of piperidine rings is 1. The molecule has 2 aromatic carbocycles. The van der Waals surface area contributed by atoms with Gasteiger partial charge in [0.2, 0.25) is 0 Å². The van der Waals surface area contributed by atoms with E-state index in [2.05, 4.69) is 0 Å². The van der Waals surface area contributed by atoms with Crippen LogP contribution < -0.4 is 0 Å². The van der Waals surface area contributed by atoms with Gasteiger partial charge in [-0.1, -0.05) is 38.1 Å². The molecule has 5 atom stereocenters. The minimum atomic E-state index is -1.09. The van der Waals surface area contributed by atoms with Gasteiger partial charge in [0.1, 0.15) is 0 Å². The molecule has 2 bridgehead atoms. The van der Waals surface area contributed by atoms with Crippen LogP contribution >= 0.6 is 0 Å². The summed E-state index contributed by atoms with van der Waals surface area (Å²) in [5.41, 5.74) is 3.44. The molecule has 2 saturated heterocycles. The Hall–Kier alpha value is -3.43. The molecule has 3 amide bonds. The largest absolute Gasteiger partial charge is 0.465 e. The highest BCUT2D eigenvalue weighted by atomic mass is 16.5. The normalized spacial score (nSPS) is 27.3. The van der Waals surface area contributed by atoms with Crippen LogP contribution in [-0.2, 0) is 23.1 Å². The third kappa shape index (κ3) is 4.89. The lowest BCUT2D eigenvalue weighted by Gasteiger charge is -2.43. The maximum absolute atomic E-state index is 13.7. The van der Waals surface area contributed by atoms with Crippen LogP contribution in [0.4, 0.5) is 4.79 Å². The Morgan fingerprint density at radius 2 is 1.76 bits per heavy atom. The van der Waals surface area contributed by atoms with Crippen molar-refractivity contribution in [2.45, 2.75) is 88.2 Å². The van der Waals surface area contributed by atoms with Gasteiger partial charge in [-0.15, -0.1) is 0 Å². The van der Waals surface area contributed by atoms with Gasteiger partial charge in [0.05, 0.1) is 18.2 Å². The van der Waals surface area contributed by atoms with Gasteiger partial charge in [0.15, 0.2) is 0 Å².